The number of nitrogens with zero attached hydrogens (tertiary/aromatic N) is 2. The fourth-order valence-corrected chi connectivity index (χ4v) is 2.25. The Morgan fingerprint density at radius 1 is 1.30 bits per heavy atom. The molecule has 0 bridgehead atoms. The zero-order valence-corrected chi connectivity index (χ0v) is 14.4. The Morgan fingerprint density at radius 2 is 2.07 bits per heavy atom. The van der Waals surface area contributed by atoms with E-state index in [2.05, 4.69) is 10.2 Å². The van der Waals surface area contributed by atoms with Crippen LogP contribution < -0.4 is 15.5 Å². The SMILES string of the molecule is CCC[NH+](CC(=O)NC(=O)NCC(F)(F)F)Cc1nnc(-c2ccco2)o1. The molecule has 2 aromatic rings. The topological polar surface area (TPSA) is 115 Å². The Balaban J connectivity index is 1.87. The maximum atomic E-state index is 12.0. The van der Waals surface area contributed by atoms with Crippen molar-refractivity contribution in [3.8, 4) is 11.7 Å². The number of halogens is 3. The summed E-state index contributed by atoms with van der Waals surface area (Å²) < 4.78 is 46.8. The van der Waals surface area contributed by atoms with Crippen LogP contribution in [-0.4, -0.2) is 47.9 Å². The zero-order valence-electron chi connectivity index (χ0n) is 14.4. The molecule has 1 atom stereocenters. The van der Waals surface area contributed by atoms with Crippen LogP contribution in [0.25, 0.3) is 11.7 Å². The summed E-state index contributed by atoms with van der Waals surface area (Å²) in [6, 6.07) is 2.12. The van der Waals surface area contributed by atoms with Gasteiger partial charge in [0, 0.05) is 0 Å². The first-order chi connectivity index (χ1) is 12.8. The maximum absolute atomic E-state index is 12.0. The van der Waals surface area contributed by atoms with Crippen molar-refractivity contribution in [3.05, 3.63) is 24.3 Å². The van der Waals surface area contributed by atoms with E-state index < -0.39 is 24.7 Å². The van der Waals surface area contributed by atoms with Crippen LogP contribution in [0.1, 0.15) is 19.2 Å². The highest BCUT2D eigenvalue weighted by Gasteiger charge is 2.28. The molecule has 0 saturated carbocycles. The quantitative estimate of drug-likeness (QED) is 0.605. The number of furan rings is 1. The highest BCUT2D eigenvalue weighted by molar-refractivity contribution is 5.94. The highest BCUT2D eigenvalue weighted by atomic mass is 19.4. The number of aromatic nitrogens is 2. The molecule has 3 amide bonds. The summed E-state index contributed by atoms with van der Waals surface area (Å²) in [5.41, 5.74) is 0. The van der Waals surface area contributed by atoms with Crippen LogP contribution in [0.4, 0.5) is 18.0 Å². The van der Waals surface area contributed by atoms with Crippen LogP contribution in [0.3, 0.4) is 0 Å². The van der Waals surface area contributed by atoms with Gasteiger partial charge in [-0.1, -0.05) is 6.92 Å². The maximum Gasteiger partial charge on any atom is 0.405 e. The monoisotopic (exact) mass is 390 g/mol. The number of imide groups is 1. The van der Waals surface area contributed by atoms with Crippen LogP contribution in [0.2, 0.25) is 0 Å². The molecular formula is C15H19F3N5O4+. The van der Waals surface area contributed by atoms with Gasteiger partial charge in [-0.2, -0.15) is 13.2 Å². The van der Waals surface area contributed by atoms with Gasteiger partial charge in [0.1, 0.15) is 6.54 Å². The summed E-state index contributed by atoms with van der Waals surface area (Å²) in [6.07, 6.45) is -2.37. The lowest BCUT2D eigenvalue weighted by Crippen LogP contribution is -3.12. The van der Waals surface area contributed by atoms with Gasteiger partial charge in [-0.05, 0) is 18.6 Å². The second-order valence-electron chi connectivity index (χ2n) is 5.68. The predicted octanol–water partition coefficient (Wildman–Crippen LogP) is 0.513. The van der Waals surface area contributed by atoms with Gasteiger partial charge in [0.2, 0.25) is 0 Å². The van der Waals surface area contributed by atoms with Crippen molar-refractivity contribution in [1.82, 2.24) is 20.8 Å². The molecule has 2 heterocycles. The number of hydrogen-bond acceptors (Lipinski definition) is 6. The molecule has 12 heteroatoms. The summed E-state index contributed by atoms with van der Waals surface area (Å²) in [5, 5.41) is 11.2. The lowest BCUT2D eigenvalue weighted by molar-refractivity contribution is -0.907. The van der Waals surface area contributed by atoms with E-state index in [1.165, 1.54) is 6.26 Å². The number of amides is 3. The van der Waals surface area contributed by atoms with Gasteiger partial charge in [-0.25, -0.2) is 4.79 Å². The van der Waals surface area contributed by atoms with Crippen molar-refractivity contribution in [2.45, 2.75) is 26.1 Å². The van der Waals surface area contributed by atoms with Gasteiger partial charge in [0.25, 0.3) is 17.7 Å². The number of nitrogens with one attached hydrogen (secondary N) is 3. The minimum Gasteiger partial charge on any atom is -0.459 e. The van der Waals surface area contributed by atoms with Crippen molar-refractivity contribution < 1.29 is 36.5 Å². The van der Waals surface area contributed by atoms with Crippen LogP contribution in [-0.2, 0) is 11.3 Å². The first kappa shape index (κ1) is 20.4. The summed E-state index contributed by atoms with van der Waals surface area (Å²) in [7, 11) is 0. The third kappa shape index (κ3) is 7.09. The van der Waals surface area contributed by atoms with Crippen molar-refractivity contribution in [2.75, 3.05) is 19.6 Å². The number of urea groups is 1. The Morgan fingerprint density at radius 3 is 2.70 bits per heavy atom. The van der Waals surface area contributed by atoms with Crippen molar-refractivity contribution in [2.24, 2.45) is 0 Å². The smallest absolute Gasteiger partial charge is 0.405 e. The molecule has 3 N–H and O–H groups in total. The molecule has 0 aromatic carbocycles. The number of rotatable bonds is 8. The Bertz CT molecular complexity index is 745. The minimum absolute atomic E-state index is 0.147. The van der Waals surface area contributed by atoms with Crippen molar-refractivity contribution >= 4 is 11.9 Å². The molecule has 2 rings (SSSR count). The summed E-state index contributed by atoms with van der Waals surface area (Å²) in [5.74, 6) is 0.148. The van der Waals surface area contributed by atoms with E-state index in [-0.39, 0.29) is 24.9 Å². The summed E-state index contributed by atoms with van der Waals surface area (Å²) in [6.45, 7) is 0.992. The second-order valence-corrected chi connectivity index (χ2v) is 5.68. The van der Waals surface area contributed by atoms with Crippen molar-refractivity contribution in [3.63, 3.8) is 0 Å². The van der Waals surface area contributed by atoms with Crippen LogP contribution >= 0.6 is 0 Å². The Kier molecular flexibility index (Phi) is 6.93. The first-order valence-electron chi connectivity index (χ1n) is 8.11. The first-order valence-corrected chi connectivity index (χ1v) is 8.11. The predicted molar refractivity (Wildman–Crippen MR) is 84.3 cm³/mol. The molecule has 0 aliphatic heterocycles. The van der Waals surface area contributed by atoms with E-state index in [1.54, 1.807) is 17.4 Å². The van der Waals surface area contributed by atoms with E-state index in [1.807, 2.05) is 12.2 Å². The van der Waals surface area contributed by atoms with Gasteiger partial charge >= 0.3 is 12.2 Å². The number of hydrogen-bond donors (Lipinski definition) is 3. The fraction of sp³-hybridized carbons (Fsp3) is 0.467. The molecule has 27 heavy (non-hydrogen) atoms. The van der Waals surface area contributed by atoms with Crippen LogP contribution in [0.5, 0.6) is 0 Å². The van der Waals surface area contributed by atoms with Gasteiger partial charge in [0.05, 0.1) is 12.8 Å². The minimum atomic E-state index is -4.55. The number of carbonyl (C=O) groups excluding carboxylic acids is 2. The van der Waals surface area contributed by atoms with E-state index in [0.29, 0.717) is 17.2 Å². The van der Waals surface area contributed by atoms with E-state index >= 15 is 0 Å². The molecular weight excluding hydrogens is 371 g/mol. The van der Waals surface area contributed by atoms with Crippen molar-refractivity contribution in [1.29, 1.82) is 0 Å². The van der Waals surface area contributed by atoms with E-state index in [0.717, 1.165) is 6.42 Å². The molecule has 9 nitrogen and oxygen atoms in total. The third-order valence-electron chi connectivity index (χ3n) is 3.32. The number of alkyl halides is 3. The van der Waals surface area contributed by atoms with E-state index in [9.17, 15) is 22.8 Å². The van der Waals surface area contributed by atoms with Gasteiger partial charge in [0.15, 0.2) is 18.8 Å². The second kappa shape index (κ2) is 9.16. The van der Waals surface area contributed by atoms with Crippen LogP contribution in [0.15, 0.2) is 27.2 Å². The molecule has 0 fully saturated rings. The van der Waals surface area contributed by atoms with Gasteiger partial charge in [-0.15, -0.1) is 10.2 Å². The average molecular weight is 390 g/mol. The molecule has 0 aliphatic carbocycles. The fourth-order valence-electron chi connectivity index (χ4n) is 2.25. The van der Waals surface area contributed by atoms with E-state index in [4.69, 9.17) is 8.83 Å². The average Bonchev–Trinajstić information content (AvgIpc) is 3.23. The molecule has 0 radical (unpaired) electrons. The molecule has 0 spiro atoms. The van der Waals surface area contributed by atoms with Gasteiger partial charge in [-0.3, -0.25) is 10.1 Å². The Labute approximate surface area is 151 Å². The normalized spacial score (nSPS) is 12.6. The van der Waals surface area contributed by atoms with Crippen LogP contribution in [0, 0.1) is 0 Å². The lowest BCUT2D eigenvalue weighted by atomic mass is 10.3. The molecule has 2 aromatic heterocycles. The standard InChI is InChI=1S/C15H18F3N5O4/c1-2-5-23(7-11(24)20-14(25)19-9-15(16,17)18)8-12-21-22-13(27-12)10-4-3-6-26-10/h3-4,6H,2,5,7-9H2,1H3,(H2,19,20,24,25)/p+1. The number of quaternary nitrogens is 1. The zero-order chi connectivity index (χ0) is 19.9. The molecule has 1 unspecified atom stereocenters. The molecule has 0 aliphatic rings. The Hall–Kier alpha value is -2.89. The molecule has 148 valence electrons. The van der Waals surface area contributed by atoms with Gasteiger partial charge < -0.3 is 19.1 Å². The third-order valence-corrected chi connectivity index (χ3v) is 3.32. The summed E-state index contributed by atoms with van der Waals surface area (Å²) >= 11 is 0. The lowest BCUT2D eigenvalue weighted by Gasteiger charge is -2.16. The largest absolute Gasteiger partial charge is 0.459 e. The molecule has 0 saturated heterocycles. The summed E-state index contributed by atoms with van der Waals surface area (Å²) in [4.78, 5) is 23.9. The highest BCUT2D eigenvalue weighted by Crippen LogP contribution is 2.17. The number of carbonyl (C=O) groups is 2.